The van der Waals surface area contributed by atoms with Crippen LogP contribution in [0.5, 0.6) is 0 Å². The first-order valence-electron chi connectivity index (χ1n) is 7.90. The van der Waals surface area contributed by atoms with Gasteiger partial charge in [0, 0.05) is 5.56 Å². The Bertz CT molecular complexity index is 905. The average molecular weight is 355 g/mol. The number of benzene rings is 2. The summed E-state index contributed by atoms with van der Waals surface area (Å²) in [5, 5.41) is 8.43. The molecule has 6 heteroatoms. The molecule has 128 valence electrons. The summed E-state index contributed by atoms with van der Waals surface area (Å²) in [5.41, 5.74) is 3.76. The molecule has 25 heavy (non-hydrogen) atoms. The van der Waals surface area contributed by atoms with E-state index in [0.717, 1.165) is 11.3 Å². The Balaban J connectivity index is 1.83. The highest BCUT2D eigenvalue weighted by atomic mass is 32.2. The average Bonchev–Trinajstić information content (AvgIpc) is 3.02. The van der Waals surface area contributed by atoms with Crippen molar-refractivity contribution in [2.45, 2.75) is 31.2 Å². The Morgan fingerprint density at radius 2 is 1.88 bits per heavy atom. The van der Waals surface area contributed by atoms with E-state index in [0.29, 0.717) is 10.7 Å². The predicted octanol–water partition coefficient (Wildman–Crippen LogP) is 4.39. The van der Waals surface area contributed by atoms with Crippen LogP contribution in [0.15, 0.2) is 53.9 Å². The maximum absolute atomic E-state index is 13.0. The monoisotopic (exact) mass is 355 g/mol. The summed E-state index contributed by atoms with van der Waals surface area (Å²) < 4.78 is 14.9. The highest BCUT2D eigenvalue weighted by Gasteiger charge is 2.20. The van der Waals surface area contributed by atoms with Gasteiger partial charge >= 0.3 is 0 Å². The van der Waals surface area contributed by atoms with Gasteiger partial charge in [0.15, 0.2) is 10.9 Å². The molecule has 0 saturated heterocycles. The Labute approximate surface area is 150 Å². The SMILES string of the molecule is Cc1ccc(-n2cnnc2SC(C)C(=O)c2ccc(F)cc2)c(C)c1. The van der Waals surface area contributed by atoms with E-state index < -0.39 is 0 Å². The third-order valence-electron chi connectivity index (χ3n) is 3.91. The van der Waals surface area contributed by atoms with E-state index in [1.807, 2.05) is 37.5 Å². The largest absolute Gasteiger partial charge is 0.293 e. The molecular weight excluding hydrogens is 337 g/mol. The molecular formula is C19H18FN3OS. The summed E-state index contributed by atoms with van der Waals surface area (Å²) in [6.07, 6.45) is 1.65. The molecule has 1 aromatic heterocycles. The predicted molar refractivity (Wildman–Crippen MR) is 96.9 cm³/mol. The van der Waals surface area contributed by atoms with Crippen LogP contribution in [0.1, 0.15) is 28.4 Å². The van der Waals surface area contributed by atoms with Gasteiger partial charge in [-0.25, -0.2) is 4.39 Å². The lowest BCUT2D eigenvalue weighted by Gasteiger charge is -2.13. The number of carbonyl (C=O) groups is 1. The Hall–Kier alpha value is -2.47. The molecule has 0 saturated carbocycles. The van der Waals surface area contributed by atoms with E-state index in [2.05, 4.69) is 16.3 Å². The van der Waals surface area contributed by atoms with Crippen molar-refractivity contribution in [1.82, 2.24) is 14.8 Å². The number of nitrogens with zero attached hydrogens (tertiary/aromatic N) is 3. The normalized spacial score (nSPS) is 12.2. The Morgan fingerprint density at radius 3 is 2.56 bits per heavy atom. The van der Waals surface area contributed by atoms with Gasteiger partial charge in [0.25, 0.3) is 0 Å². The highest BCUT2D eigenvalue weighted by Crippen LogP contribution is 2.27. The van der Waals surface area contributed by atoms with E-state index in [1.54, 1.807) is 6.33 Å². The second-order valence-electron chi connectivity index (χ2n) is 5.90. The zero-order chi connectivity index (χ0) is 18.0. The van der Waals surface area contributed by atoms with Crippen LogP contribution in [0.2, 0.25) is 0 Å². The van der Waals surface area contributed by atoms with Crippen molar-refractivity contribution in [3.8, 4) is 5.69 Å². The van der Waals surface area contributed by atoms with Crippen molar-refractivity contribution in [3.05, 3.63) is 71.3 Å². The first-order valence-corrected chi connectivity index (χ1v) is 8.78. The number of thioether (sulfide) groups is 1. The molecule has 0 bridgehead atoms. The first kappa shape index (κ1) is 17.4. The van der Waals surface area contributed by atoms with Crippen LogP contribution in [-0.2, 0) is 0 Å². The van der Waals surface area contributed by atoms with Gasteiger partial charge < -0.3 is 0 Å². The van der Waals surface area contributed by atoms with Crippen LogP contribution in [0.4, 0.5) is 4.39 Å². The minimum absolute atomic E-state index is 0.0693. The van der Waals surface area contributed by atoms with Crippen molar-refractivity contribution in [1.29, 1.82) is 0 Å². The molecule has 0 amide bonds. The van der Waals surface area contributed by atoms with Crippen LogP contribution >= 0.6 is 11.8 Å². The third-order valence-corrected chi connectivity index (χ3v) is 4.97. The lowest BCUT2D eigenvalue weighted by atomic mass is 10.1. The van der Waals surface area contributed by atoms with Gasteiger partial charge in [-0.2, -0.15) is 0 Å². The summed E-state index contributed by atoms with van der Waals surface area (Å²) in [6.45, 7) is 5.89. The summed E-state index contributed by atoms with van der Waals surface area (Å²) in [5.74, 6) is -0.424. The van der Waals surface area contributed by atoms with E-state index in [4.69, 9.17) is 0 Å². The zero-order valence-corrected chi connectivity index (χ0v) is 15.0. The fourth-order valence-corrected chi connectivity index (χ4v) is 3.52. The maximum Gasteiger partial charge on any atom is 0.196 e. The number of halogens is 1. The topological polar surface area (TPSA) is 47.8 Å². The second-order valence-corrected chi connectivity index (χ2v) is 7.21. The quantitative estimate of drug-likeness (QED) is 0.503. The van der Waals surface area contributed by atoms with Crippen LogP contribution in [0.3, 0.4) is 0 Å². The number of hydrogen-bond acceptors (Lipinski definition) is 4. The maximum atomic E-state index is 13.0. The molecule has 1 atom stereocenters. The Kier molecular flexibility index (Phi) is 4.99. The minimum atomic E-state index is -0.362. The van der Waals surface area contributed by atoms with Gasteiger partial charge in [-0.05, 0) is 56.7 Å². The van der Waals surface area contributed by atoms with Gasteiger partial charge in [0.05, 0.1) is 10.9 Å². The number of aryl methyl sites for hydroxylation is 2. The van der Waals surface area contributed by atoms with E-state index in [1.165, 1.54) is 41.6 Å². The first-order chi connectivity index (χ1) is 12.0. The zero-order valence-electron chi connectivity index (χ0n) is 14.2. The number of rotatable bonds is 5. The van der Waals surface area contributed by atoms with Crippen LogP contribution in [0, 0.1) is 19.7 Å². The van der Waals surface area contributed by atoms with Crippen molar-refractivity contribution in [3.63, 3.8) is 0 Å². The summed E-state index contributed by atoms with van der Waals surface area (Å²) in [4.78, 5) is 12.5. The number of aromatic nitrogens is 3. The fraction of sp³-hybridized carbons (Fsp3) is 0.211. The van der Waals surface area contributed by atoms with Gasteiger partial charge in [0.1, 0.15) is 12.1 Å². The van der Waals surface area contributed by atoms with Crippen LogP contribution in [0.25, 0.3) is 5.69 Å². The van der Waals surface area contributed by atoms with Crippen molar-refractivity contribution in [2.75, 3.05) is 0 Å². The molecule has 2 aromatic carbocycles. The summed E-state index contributed by atoms with van der Waals surface area (Å²) >= 11 is 1.34. The lowest BCUT2D eigenvalue weighted by Crippen LogP contribution is -2.14. The summed E-state index contributed by atoms with van der Waals surface area (Å²) in [7, 11) is 0. The third kappa shape index (κ3) is 3.79. The second kappa shape index (κ2) is 7.19. The molecule has 4 nitrogen and oxygen atoms in total. The molecule has 3 aromatic rings. The standard InChI is InChI=1S/C19H18FN3OS/c1-12-4-9-17(13(2)10-12)23-11-21-22-19(23)25-14(3)18(24)15-5-7-16(20)8-6-15/h4-11,14H,1-3H3. The smallest absolute Gasteiger partial charge is 0.196 e. The molecule has 0 aliphatic rings. The van der Waals surface area contributed by atoms with Crippen molar-refractivity contribution in [2.24, 2.45) is 0 Å². The van der Waals surface area contributed by atoms with E-state index >= 15 is 0 Å². The number of ketones is 1. The molecule has 0 radical (unpaired) electrons. The van der Waals surface area contributed by atoms with Gasteiger partial charge in [-0.15, -0.1) is 10.2 Å². The van der Waals surface area contributed by atoms with Gasteiger partial charge in [-0.3, -0.25) is 9.36 Å². The Morgan fingerprint density at radius 1 is 1.16 bits per heavy atom. The van der Waals surface area contributed by atoms with Crippen LogP contribution < -0.4 is 0 Å². The van der Waals surface area contributed by atoms with Crippen molar-refractivity contribution >= 4 is 17.5 Å². The molecule has 0 aliphatic heterocycles. The molecule has 1 unspecified atom stereocenters. The molecule has 3 rings (SSSR count). The van der Waals surface area contributed by atoms with Gasteiger partial charge in [-0.1, -0.05) is 29.5 Å². The fourth-order valence-electron chi connectivity index (χ4n) is 2.61. The molecule has 0 N–H and O–H groups in total. The highest BCUT2D eigenvalue weighted by molar-refractivity contribution is 8.00. The van der Waals surface area contributed by atoms with Crippen LogP contribution in [-0.4, -0.2) is 25.8 Å². The van der Waals surface area contributed by atoms with E-state index in [-0.39, 0.29) is 16.9 Å². The van der Waals surface area contributed by atoms with E-state index in [9.17, 15) is 9.18 Å². The molecule has 0 spiro atoms. The molecule has 1 heterocycles. The summed E-state index contributed by atoms with van der Waals surface area (Å²) in [6, 6.07) is 11.7. The number of Topliss-reactive ketones (excluding diaryl/α,β-unsaturated/α-hetero) is 1. The number of hydrogen-bond donors (Lipinski definition) is 0. The number of carbonyl (C=O) groups excluding carboxylic acids is 1. The van der Waals surface area contributed by atoms with Gasteiger partial charge in [0.2, 0.25) is 0 Å². The van der Waals surface area contributed by atoms with Crippen molar-refractivity contribution < 1.29 is 9.18 Å². The minimum Gasteiger partial charge on any atom is -0.293 e. The lowest BCUT2D eigenvalue weighted by molar-refractivity contribution is 0.0994. The molecule has 0 fully saturated rings. The molecule has 0 aliphatic carbocycles.